The van der Waals surface area contributed by atoms with Gasteiger partial charge in [0.1, 0.15) is 11.9 Å². The van der Waals surface area contributed by atoms with E-state index in [0.29, 0.717) is 17.3 Å². The summed E-state index contributed by atoms with van der Waals surface area (Å²) < 4.78 is 0. The zero-order valence-electron chi connectivity index (χ0n) is 10.0. The molecule has 4 N–H and O–H groups in total. The first-order valence-electron chi connectivity index (χ1n) is 5.66. The first-order valence-corrected chi connectivity index (χ1v) is 5.66. The fraction of sp³-hybridized carbons (Fsp3) is 0.308. The summed E-state index contributed by atoms with van der Waals surface area (Å²) in [5.74, 6) is 0.894. The highest BCUT2D eigenvalue weighted by Gasteiger charge is 2.15. The molecule has 4 nitrogen and oxygen atoms in total. The van der Waals surface area contributed by atoms with E-state index in [1.54, 1.807) is 6.20 Å². The van der Waals surface area contributed by atoms with E-state index in [9.17, 15) is 5.11 Å². The molecule has 0 aliphatic carbocycles. The number of aromatic nitrogens is 2. The summed E-state index contributed by atoms with van der Waals surface area (Å²) >= 11 is 0. The topological polar surface area (TPSA) is 74.9 Å². The molecule has 17 heavy (non-hydrogen) atoms. The van der Waals surface area contributed by atoms with Crippen LogP contribution in [0.15, 0.2) is 30.5 Å². The van der Waals surface area contributed by atoms with Crippen molar-refractivity contribution in [1.29, 1.82) is 0 Å². The molecule has 1 aromatic heterocycles. The number of hydrogen-bond acceptors (Lipinski definition) is 3. The fourth-order valence-electron chi connectivity index (χ4n) is 1.77. The van der Waals surface area contributed by atoms with E-state index in [4.69, 9.17) is 5.73 Å². The van der Waals surface area contributed by atoms with Crippen molar-refractivity contribution in [2.45, 2.75) is 25.9 Å². The number of nitrogens with one attached hydrogen (secondary N) is 1. The molecular weight excluding hydrogens is 214 g/mol. The second kappa shape index (κ2) is 4.59. The first kappa shape index (κ1) is 11.7. The van der Waals surface area contributed by atoms with Crippen molar-refractivity contribution in [3.8, 4) is 0 Å². The van der Waals surface area contributed by atoms with Crippen LogP contribution in [-0.4, -0.2) is 15.3 Å². The lowest BCUT2D eigenvalue weighted by atomic mass is 9.98. The Morgan fingerprint density at radius 2 is 1.76 bits per heavy atom. The minimum atomic E-state index is -0.727. The summed E-state index contributed by atoms with van der Waals surface area (Å²) in [7, 11) is 0. The normalized spacial score (nSPS) is 12.9. The Bertz CT molecular complexity index is 488. The predicted octanol–water partition coefficient (Wildman–Crippen LogP) is 2.20. The molecule has 0 spiro atoms. The molecule has 0 fully saturated rings. The van der Waals surface area contributed by atoms with Crippen LogP contribution in [0.2, 0.25) is 0 Å². The maximum absolute atomic E-state index is 10.2. The number of nitrogens with two attached hydrogens (primary N) is 1. The Balaban J connectivity index is 2.26. The minimum absolute atomic E-state index is 0.408. The summed E-state index contributed by atoms with van der Waals surface area (Å²) in [6.45, 7) is 4.28. The second-order valence-electron chi connectivity index (χ2n) is 4.46. The number of aliphatic hydroxyl groups excluding tert-OH is 1. The van der Waals surface area contributed by atoms with Crippen molar-refractivity contribution in [3.05, 3.63) is 47.2 Å². The molecule has 90 valence electrons. The highest BCUT2D eigenvalue weighted by molar-refractivity contribution is 5.43. The summed E-state index contributed by atoms with van der Waals surface area (Å²) in [5, 5.41) is 16.6. The monoisotopic (exact) mass is 231 g/mol. The highest BCUT2D eigenvalue weighted by Crippen LogP contribution is 2.26. The van der Waals surface area contributed by atoms with Gasteiger partial charge in [0.2, 0.25) is 0 Å². The van der Waals surface area contributed by atoms with Gasteiger partial charge in [-0.15, -0.1) is 0 Å². The van der Waals surface area contributed by atoms with Crippen molar-refractivity contribution >= 4 is 5.82 Å². The third kappa shape index (κ3) is 2.31. The molecule has 2 rings (SSSR count). The molecule has 0 bridgehead atoms. The average molecular weight is 231 g/mol. The van der Waals surface area contributed by atoms with Crippen LogP contribution in [0.4, 0.5) is 5.82 Å². The van der Waals surface area contributed by atoms with Gasteiger partial charge < -0.3 is 10.8 Å². The summed E-state index contributed by atoms with van der Waals surface area (Å²) in [6, 6.07) is 7.90. The lowest BCUT2D eigenvalue weighted by Crippen LogP contribution is -2.02. The lowest BCUT2D eigenvalue weighted by Gasteiger charge is -2.12. The van der Waals surface area contributed by atoms with Crippen LogP contribution >= 0.6 is 0 Å². The molecule has 0 aliphatic rings. The standard InChI is InChI=1S/C13H17N3O/c1-8(2)9-3-5-10(6-4-9)12(17)11-7-15-16-13(11)14/h3-8,12,17H,1-2H3,(H3,14,15,16). The zero-order chi connectivity index (χ0) is 12.4. The van der Waals surface area contributed by atoms with Crippen LogP contribution in [0.5, 0.6) is 0 Å². The number of aliphatic hydroxyl groups is 1. The van der Waals surface area contributed by atoms with Crippen molar-refractivity contribution in [3.63, 3.8) is 0 Å². The van der Waals surface area contributed by atoms with Crippen LogP contribution in [0.3, 0.4) is 0 Å². The van der Waals surface area contributed by atoms with Crippen LogP contribution in [0.25, 0.3) is 0 Å². The molecule has 1 aromatic carbocycles. The van der Waals surface area contributed by atoms with Gasteiger partial charge >= 0.3 is 0 Å². The van der Waals surface area contributed by atoms with Gasteiger partial charge in [-0.1, -0.05) is 38.1 Å². The highest BCUT2D eigenvalue weighted by atomic mass is 16.3. The Morgan fingerprint density at radius 1 is 1.18 bits per heavy atom. The first-order chi connectivity index (χ1) is 8.09. The van der Waals surface area contributed by atoms with Crippen molar-refractivity contribution in [2.75, 3.05) is 5.73 Å². The fourth-order valence-corrected chi connectivity index (χ4v) is 1.77. The molecule has 1 unspecified atom stereocenters. The number of nitrogens with zero attached hydrogens (tertiary/aromatic N) is 1. The van der Waals surface area contributed by atoms with Gasteiger partial charge in [-0.3, -0.25) is 5.10 Å². The molecule has 1 atom stereocenters. The van der Waals surface area contributed by atoms with E-state index in [1.165, 1.54) is 5.56 Å². The van der Waals surface area contributed by atoms with Gasteiger partial charge in [-0.05, 0) is 17.0 Å². The van der Waals surface area contributed by atoms with E-state index in [1.807, 2.05) is 24.3 Å². The Kier molecular flexibility index (Phi) is 3.15. The van der Waals surface area contributed by atoms with Gasteiger partial charge in [0.05, 0.1) is 6.20 Å². The van der Waals surface area contributed by atoms with Gasteiger partial charge in [0.15, 0.2) is 0 Å². The molecule has 1 heterocycles. The van der Waals surface area contributed by atoms with Gasteiger partial charge in [0.25, 0.3) is 0 Å². The quantitative estimate of drug-likeness (QED) is 0.758. The van der Waals surface area contributed by atoms with Gasteiger partial charge in [-0.25, -0.2) is 0 Å². The van der Waals surface area contributed by atoms with Crippen molar-refractivity contribution < 1.29 is 5.11 Å². The van der Waals surface area contributed by atoms with Crippen molar-refractivity contribution in [2.24, 2.45) is 0 Å². The minimum Gasteiger partial charge on any atom is -0.384 e. The van der Waals surface area contributed by atoms with Crippen LogP contribution in [0, 0.1) is 0 Å². The predicted molar refractivity (Wildman–Crippen MR) is 67.6 cm³/mol. The molecule has 0 saturated heterocycles. The van der Waals surface area contributed by atoms with Gasteiger partial charge in [-0.2, -0.15) is 5.10 Å². The number of hydrogen-bond donors (Lipinski definition) is 3. The number of nitrogen functional groups attached to an aromatic ring is 1. The molecule has 0 saturated carbocycles. The van der Waals surface area contributed by atoms with Crippen molar-refractivity contribution in [1.82, 2.24) is 10.2 Å². The number of anilines is 1. The van der Waals surface area contributed by atoms with Crippen LogP contribution in [-0.2, 0) is 0 Å². The molecular formula is C13H17N3O. The third-order valence-electron chi connectivity index (χ3n) is 2.91. The van der Waals surface area contributed by atoms with E-state index >= 15 is 0 Å². The molecule has 2 aromatic rings. The smallest absolute Gasteiger partial charge is 0.125 e. The SMILES string of the molecule is CC(C)c1ccc(C(O)c2cn[nH]c2N)cc1. The Hall–Kier alpha value is -1.81. The third-order valence-corrected chi connectivity index (χ3v) is 2.91. The summed E-state index contributed by atoms with van der Waals surface area (Å²) in [5.41, 5.74) is 8.36. The number of aromatic amines is 1. The van der Waals surface area contributed by atoms with E-state index < -0.39 is 6.10 Å². The van der Waals surface area contributed by atoms with E-state index in [-0.39, 0.29) is 0 Å². The van der Waals surface area contributed by atoms with Crippen LogP contribution in [0.1, 0.15) is 42.6 Å². The number of rotatable bonds is 3. The van der Waals surface area contributed by atoms with Gasteiger partial charge in [0, 0.05) is 5.56 Å². The maximum Gasteiger partial charge on any atom is 0.125 e. The second-order valence-corrected chi connectivity index (χ2v) is 4.46. The summed E-state index contributed by atoms with van der Waals surface area (Å²) in [6.07, 6.45) is 0.825. The molecule has 0 amide bonds. The summed E-state index contributed by atoms with van der Waals surface area (Å²) in [4.78, 5) is 0. The van der Waals surface area contributed by atoms with Crippen LogP contribution < -0.4 is 5.73 Å². The lowest BCUT2D eigenvalue weighted by molar-refractivity contribution is 0.221. The zero-order valence-corrected chi connectivity index (χ0v) is 10.0. The maximum atomic E-state index is 10.2. The molecule has 0 aliphatic heterocycles. The average Bonchev–Trinajstić information content (AvgIpc) is 2.74. The Labute approximate surface area is 100 Å². The van der Waals surface area contributed by atoms with E-state index in [2.05, 4.69) is 24.0 Å². The number of H-pyrrole nitrogens is 1. The Morgan fingerprint density at radius 3 is 2.24 bits per heavy atom. The largest absolute Gasteiger partial charge is 0.384 e. The number of benzene rings is 1. The van der Waals surface area contributed by atoms with E-state index in [0.717, 1.165) is 5.56 Å². The molecule has 4 heteroatoms. The molecule has 0 radical (unpaired) electrons.